The number of halogens is 3. The summed E-state index contributed by atoms with van der Waals surface area (Å²) in [5.74, 6) is 0.581. The second kappa shape index (κ2) is 6.14. The molecule has 2 aromatic rings. The van der Waals surface area contributed by atoms with Crippen LogP contribution in [0.25, 0.3) is 0 Å². The highest BCUT2D eigenvalue weighted by Crippen LogP contribution is 2.36. The molecule has 0 spiro atoms. The zero-order valence-electron chi connectivity index (χ0n) is 10.0. The van der Waals surface area contributed by atoms with E-state index >= 15 is 0 Å². The Morgan fingerprint density at radius 1 is 1.11 bits per heavy atom. The Hall–Kier alpha value is -0.740. The van der Waals surface area contributed by atoms with E-state index in [1.807, 2.05) is 6.07 Å². The molecule has 0 aromatic heterocycles. The number of rotatable bonds is 3. The first-order valence-corrected chi connectivity index (χ1v) is 7.04. The molecule has 0 aliphatic carbocycles. The largest absolute Gasteiger partial charge is 0.496 e. The van der Waals surface area contributed by atoms with Crippen LogP contribution in [0.15, 0.2) is 40.9 Å². The Morgan fingerprint density at radius 3 is 2.53 bits per heavy atom. The van der Waals surface area contributed by atoms with Gasteiger partial charge in [-0.1, -0.05) is 45.2 Å². The summed E-state index contributed by atoms with van der Waals surface area (Å²) >= 11 is 15.4. The number of aliphatic hydroxyl groups excluding tert-OH is 1. The van der Waals surface area contributed by atoms with Crippen LogP contribution >= 0.6 is 39.1 Å². The second-order valence-corrected chi connectivity index (χ2v) is 5.71. The lowest BCUT2D eigenvalue weighted by Gasteiger charge is -2.17. The second-order valence-electron chi connectivity index (χ2n) is 3.95. The van der Waals surface area contributed by atoms with Crippen molar-refractivity contribution in [3.05, 3.63) is 62.0 Å². The minimum atomic E-state index is -0.894. The highest BCUT2D eigenvalue weighted by Gasteiger charge is 2.18. The van der Waals surface area contributed by atoms with Crippen LogP contribution in [0, 0.1) is 0 Å². The molecule has 5 heteroatoms. The number of hydrogen-bond acceptors (Lipinski definition) is 2. The summed E-state index contributed by atoms with van der Waals surface area (Å²) in [7, 11) is 1.55. The fourth-order valence-corrected chi connectivity index (χ4v) is 2.54. The van der Waals surface area contributed by atoms with E-state index in [0.29, 0.717) is 26.9 Å². The van der Waals surface area contributed by atoms with E-state index in [2.05, 4.69) is 15.9 Å². The first-order valence-electron chi connectivity index (χ1n) is 5.49. The average Bonchev–Trinajstić information content (AvgIpc) is 2.40. The molecule has 1 unspecified atom stereocenters. The summed E-state index contributed by atoms with van der Waals surface area (Å²) in [4.78, 5) is 0. The summed E-state index contributed by atoms with van der Waals surface area (Å²) in [5, 5.41) is 11.4. The number of hydrogen-bond donors (Lipinski definition) is 1. The molecule has 0 saturated carbocycles. The van der Waals surface area contributed by atoms with Crippen molar-refractivity contribution in [2.24, 2.45) is 0 Å². The SMILES string of the molecule is COc1cc(Br)ccc1C(O)c1cc(Cl)ccc1Cl. The summed E-state index contributed by atoms with van der Waals surface area (Å²) in [6.07, 6.45) is -0.894. The molecule has 1 N–H and O–H groups in total. The maximum absolute atomic E-state index is 10.5. The van der Waals surface area contributed by atoms with Crippen LogP contribution in [-0.2, 0) is 0 Å². The Kier molecular flexibility index (Phi) is 4.74. The number of methoxy groups -OCH3 is 1. The van der Waals surface area contributed by atoms with E-state index < -0.39 is 6.10 Å². The van der Waals surface area contributed by atoms with Crippen LogP contribution in [-0.4, -0.2) is 12.2 Å². The van der Waals surface area contributed by atoms with Crippen molar-refractivity contribution < 1.29 is 9.84 Å². The smallest absolute Gasteiger partial charge is 0.126 e. The highest BCUT2D eigenvalue weighted by molar-refractivity contribution is 9.10. The highest BCUT2D eigenvalue weighted by atomic mass is 79.9. The van der Waals surface area contributed by atoms with E-state index in [-0.39, 0.29) is 0 Å². The van der Waals surface area contributed by atoms with Crippen LogP contribution in [0.4, 0.5) is 0 Å². The lowest BCUT2D eigenvalue weighted by Crippen LogP contribution is -2.03. The first-order chi connectivity index (χ1) is 9.02. The number of aliphatic hydroxyl groups is 1. The molecule has 2 rings (SSSR count). The number of benzene rings is 2. The van der Waals surface area contributed by atoms with E-state index in [0.717, 1.165) is 4.47 Å². The average molecular weight is 362 g/mol. The standard InChI is InChI=1S/C14H11BrCl2O2/c1-19-13-6-8(15)2-4-10(13)14(18)11-7-9(16)3-5-12(11)17/h2-7,14,18H,1H3. The van der Waals surface area contributed by atoms with Gasteiger partial charge in [-0.2, -0.15) is 0 Å². The lowest BCUT2D eigenvalue weighted by molar-refractivity contribution is 0.215. The topological polar surface area (TPSA) is 29.5 Å². The molecule has 2 nitrogen and oxygen atoms in total. The van der Waals surface area contributed by atoms with Crippen molar-refractivity contribution in [2.75, 3.05) is 7.11 Å². The third-order valence-electron chi connectivity index (χ3n) is 2.74. The van der Waals surface area contributed by atoms with E-state index in [1.165, 1.54) is 0 Å². The predicted molar refractivity (Wildman–Crippen MR) is 81.2 cm³/mol. The van der Waals surface area contributed by atoms with Crippen LogP contribution in [0.3, 0.4) is 0 Å². The van der Waals surface area contributed by atoms with E-state index in [9.17, 15) is 5.11 Å². The third-order valence-corrected chi connectivity index (χ3v) is 3.82. The summed E-state index contributed by atoms with van der Waals surface area (Å²) in [6.45, 7) is 0. The van der Waals surface area contributed by atoms with Gasteiger partial charge in [0.15, 0.2) is 0 Å². The van der Waals surface area contributed by atoms with Crippen molar-refractivity contribution in [1.82, 2.24) is 0 Å². The molecule has 1 atom stereocenters. The Labute approximate surface area is 130 Å². The Morgan fingerprint density at radius 2 is 1.84 bits per heavy atom. The maximum atomic E-state index is 10.5. The predicted octanol–water partition coefficient (Wildman–Crippen LogP) is 4.85. The van der Waals surface area contributed by atoms with Gasteiger partial charge in [-0.25, -0.2) is 0 Å². The molecule has 0 saturated heterocycles. The zero-order chi connectivity index (χ0) is 14.0. The van der Waals surface area contributed by atoms with Gasteiger partial charge in [0.05, 0.1) is 7.11 Å². The van der Waals surface area contributed by atoms with Crippen molar-refractivity contribution in [3.63, 3.8) is 0 Å². The minimum Gasteiger partial charge on any atom is -0.496 e. The third kappa shape index (κ3) is 3.23. The minimum absolute atomic E-state index is 0.460. The van der Waals surface area contributed by atoms with Crippen LogP contribution < -0.4 is 4.74 Å². The van der Waals surface area contributed by atoms with E-state index in [1.54, 1.807) is 37.4 Å². The van der Waals surface area contributed by atoms with Gasteiger partial charge in [0, 0.05) is 25.6 Å². The zero-order valence-corrected chi connectivity index (χ0v) is 13.1. The van der Waals surface area contributed by atoms with Gasteiger partial charge in [0.1, 0.15) is 11.9 Å². The fraction of sp³-hybridized carbons (Fsp3) is 0.143. The van der Waals surface area contributed by atoms with Crippen LogP contribution in [0.2, 0.25) is 10.0 Å². The van der Waals surface area contributed by atoms with Crippen LogP contribution in [0.1, 0.15) is 17.2 Å². The van der Waals surface area contributed by atoms with Gasteiger partial charge in [-0.05, 0) is 30.3 Å². The first kappa shape index (κ1) is 14.7. The molecule has 0 fully saturated rings. The molecule has 2 aromatic carbocycles. The Bertz CT molecular complexity index is 602. The van der Waals surface area contributed by atoms with E-state index in [4.69, 9.17) is 27.9 Å². The van der Waals surface area contributed by atoms with Crippen molar-refractivity contribution >= 4 is 39.1 Å². The van der Waals surface area contributed by atoms with Gasteiger partial charge < -0.3 is 9.84 Å². The fourth-order valence-electron chi connectivity index (χ4n) is 1.80. The summed E-state index contributed by atoms with van der Waals surface area (Å²) in [6, 6.07) is 10.4. The summed E-state index contributed by atoms with van der Waals surface area (Å²) in [5.41, 5.74) is 1.18. The van der Waals surface area contributed by atoms with Crippen molar-refractivity contribution in [1.29, 1.82) is 0 Å². The van der Waals surface area contributed by atoms with Gasteiger partial charge in [0.25, 0.3) is 0 Å². The molecule has 0 radical (unpaired) electrons. The van der Waals surface area contributed by atoms with Gasteiger partial charge >= 0.3 is 0 Å². The molecule has 0 amide bonds. The molecule has 0 bridgehead atoms. The van der Waals surface area contributed by atoms with Crippen molar-refractivity contribution in [3.8, 4) is 5.75 Å². The molecule has 0 aliphatic rings. The normalized spacial score (nSPS) is 12.3. The summed E-state index contributed by atoms with van der Waals surface area (Å²) < 4.78 is 6.15. The molecular weight excluding hydrogens is 351 g/mol. The molecule has 100 valence electrons. The molecule has 19 heavy (non-hydrogen) atoms. The van der Waals surface area contributed by atoms with Gasteiger partial charge in [0.2, 0.25) is 0 Å². The van der Waals surface area contributed by atoms with Gasteiger partial charge in [-0.3, -0.25) is 0 Å². The quantitative estimate of drug-likeness (QED) is 0.846. The molecule has 0 heterocycles. The molecule has 0 aliphatic heterocycles. The van der Waals surface area contributed by atoms with Gasteiger partial charge in [-0.15, -0.1) is 0 Å². The lowest BCUT2D eigenvalue weighted by atomic mass is 10.0. The molecular formula is C14H11BrCl2O2. The maximum Gasteiger partial charge on any atom is 0.126 e. The van der Waals surface area contributed by atoms with Crippen molar-refractivity contribution in [2.45, 2.75) is 6.10 Å². The Balaban J connectivity index is 2.49. The number of ether oxygens (including phenoxy) is 1. The monoisotopic (exact) mass is 360 g/mol. The van der Waals surface area contributed by atoms with Crippen LogP contribution in [0.5, 0.6) is 5.75 Å².